The lowest BCUT2D eigenvalue weighted by molar-refractivity contribution is -0.815. The molecule has 87 valence electrons. The first kappa shape index (κ1) is 11.6. The summed E-state index contributed by atoms with van der Waals surface area (Å²) >= 11 is 1.30. The van der Waals surface area contributed by atoms with Gasteiger partial charge in [0.1, 0.15) is 11.9 Å². The van der Waals surface area contributed by atoms with Crippen LogP contribution >= 0.6 is 11.3 Å². The maximum atomic E-state index is 11.4. The first-order chi connectivity index (χ1) is 8.03. The SMILES string of the molecule is CC(=O)c1csc(C[N+]2(C(N)=O)C=[C]C=N2)n1. The van der Waals surface area contributed by atoms with Crippen molar-refractivity contribution in [2.75, 3.05) is 0 Å². The lowest BCUT2D eigenvalue weighted by Gasteiger charge is -2.18. The van der Waals surface area contributed by atoms with Crippen molar-refractivity contribution in [1.82, 2.24) is 4.98 Å². The van der Waals surface area contributed by atoms with E-state index in [1.807, 2.05) is 0 Å². The Balaban J connectivity index is 2.24. The summed E-state index contributed by atoms with van der Waals surface area (Å²) in [5.74, 6) is -0.106. The highest BCUT2D eigenvalue weighted by Crippen LogP contribution is 2.21. The fourth-order valence-corrected chi connectivity index (χ4v) is 2.25. The smallest absolute Gasteiger partial charge is 0.316 e. The number of ketones is 1. The van der Waals surface area contributed by atoms with Gasteiger partial charge in [0.15, 0.2) is 17.3 Å². The summed E-state index contributed by atoms with van der Waals surface area (Å²) in [6, 6.07) is -0.606. The van der Waals surface area contributed by atoms with Crippen LogP contribution in [0.4, 0.5) is 4.79 Å². The van der Waals surface area contributed by atoms with Crippen LogP contribution in [0, 0.1) is 6.08 Å². The Morgan fingerprint density at radius 1 is 1.59 bits per heavy atom. The molecule has 2 heterocycles. The van der Waals surface area contributed by atoms with Crippen LogP contribution < -0.4 is 5.73 Å². The Labute approximate surface area is 102 Å². The van der Waals surface area contributed by atoms with Crippen LogP contribution in [0.1, 0.15) is 22.4 Å². The molecule has 1 radical (unpaired) electrons. The predicted octanol–water partition coefficient (Wildman–Crippen LogP) is 1.06. The van der Waals surface area contributed by atoms with Gasteiger partial charge in [-0.25, -0.2) is 9.78 Å². The van der Waals surface area contributed by atoms with Crippen LogP contribution in [0.3, 0.4) is 0 Å². The molecule has 0 spiro atoms. The van der Waals surface area contributed by atoms with Gasteiger partial charge in [-0.05, 0) is 0 Å². The van der Waals surface area contributed by atoms with E-state index in [4.69, 9.17) is 5.73 Å². The van der Waals surface area contributed by atoms with Crippen LogP contribution in [0.5, 0.6) is 0 Å². The number of carbonyl (C=O) groups excluding carboxylic acids is 2. The van der Waals surface area contributed by atoms with E-state index in [0.29, 0.717) is 10.7 Å². The van der Waals surface area contributed by atoms with E-state index in [2.05, 4.69) is 16.2 Å². The number of hydrogen-bond acceptors (Lipinski definition) is 5. The Morgan fingerprint density at radius 2 is 2.35 bits per heavy atom. The molecule has 1 aliphatic heterocycles. The van der Waals surface area contributed by atoms with Gasteiger partial charge in [-0.3, -0.25) is 4.79 Å². The van der Waals surface area contributed by atoms with Crippen LogP contribution in [-0.2, 0) is 6.54 Å². The largest absolute Gasteiger partial charge is 0.445 e. The molecule has 0 bridgehead atoms. The van der Waals surface area contributed by atoms with E-state index >= 15 is 0 Å². The molecule has 6 nitrogen and oxygen atoms in total. The number of urea groups is 1. The van der Waals surface area contributed by atoms with E-state index < -0.39 is 6.03 Å². The second kappa shape index (κ2) is 4.19. The zero-order chi connectivity index (χ0) is 12.5. The van der Waals surface area contributed by atoms with Gasteiger partial charge in [0, 0.05) is 12.3 Å². The molecule has 0 fully saturated rings. The van der Waals surface area contributed by atoms with Gasteiger partial charge in [-0.15, -0.1) is 11.3 Å². The maximum absolute atomic E-state index is 11.4. The minimum absolute atomic E-state index is 0.106. The average molecular weight is 250 g/mol. The van der Waals surface area contributed by atoms with Gasteiger partial charge < -0.3 is 5.73 Å². The van der Waals surface area contributed by atoms with Gasteiger partial charge in [0.05, 0.1) is 12.3 Å². The summed E-state index contributed by atoms with van der Waals surface area (Å²) in [6.45, 7) is 1.65. The number of nitrogens with two attached hydrogens (primary N) is 1. The molecule has 2 rings (SSSR count). The molecule has 2 amide bonds. The number of carbonyl (C=O) groups is 2. The normalized spacial score (nSPS) is 21.9. The van der Waals surface area contributed by atoms with Crippen molar-refractivity contribution in [2.24, 2.45) is 10.8 Å². The van der Waals surface area contributed by atoms with Crippen molar-refractivity contribution >= 4 is 29.4 Å². The molecule has 2 N–H and O–H groups in total. The number of aromatic nitrogens is 1. The van der Waals surface area contributed by atoms with Gasteiger partial charge in [-0.2, -0.15) is 0 Å². The predicted molar refractivity (Wildman–Crippen MR) is 62.0 cm³/mol. The van der Waals surface area contributed by atoms with E-state index in [1.165, 1.54) is 30.7 Å². The third-order valence-electron chi connectivity index (χ3n) is 2.30. The summed E-state index contributed by atoms with van der Waals surface area (Å²) in [5, 5.41) is 6.25. The quantitative estimate of drug-likeness (QED) is 0.642. The standard InChI is InChI=1S/C10H9N4O2S/c1-7(15)8-6-17-9(13-8)5-14(10(11)16)4-2-3-12-14/h3-4,6H,5H2,1H3,(H-,11,16)/p+1. The Kier molecular flexibility index (Phi) is 2.86. The molecule has 0 aromatic carbocycles. The van der Waals surface area contributed by atoms with Crippen molar-refractivity contribution in [3.63, 3.8) is 0 Å². The van der Waals surface area contributed by atoms with Crippen molar-refractivity contribution in [3.05, 3.63) is 28.4 Å². The molecular formula is C10H10N4O2S+. The molecule has 1 aromatic heterocycles. The zero-order valence-corrected chi connectivity index (χ0v) is 9.90. The molecule has 0 saturated heterocycles. The van der Waals surface area contributed by atoms with Crippen molar-refractivity contribution in [1.29, 1.82) is 0 Å². The molecule has 0 aliphatic carbocycles. The summed E-state index contributed by atoms with van der Waals surface area (Å²) in [5.41, 5.74) is 5.70. The number of thiazole rings is 1. The lowest BCUT2D eigenvalue weighted by atomic mass is 10.3. The number of allylic oxidation sites excluding steroid dienone is 1. The van der Waals surface area contributed by atoms with Crippen molar-refractivity contribution < 1.29 is 14.2 Å². The van der Waals surface area contributed by atoms with E-state index in [-0.39, 0.29) is 16.9 Å². The number of Topliss-reactive ketones (excluding diaryl/α,β-unsaturated/α-hetero) is 1. The first-order valence-corrected chi connectivity index (χ1v) is 5.69. The Bertz CT molecular complexity index is 520. The third-order valence-corrected chi connectivity index (χ3v) is 3.13. The monoisotopic (exact) mass is 250 g/mol. The maximum Gasteiger partial charge on any atom is 0.445 e. The fraction of sp³-hybridized carbons (Fsp3) is 0.200. The van der Waals surface area contributed by atoms with Gasteiger partial charge in [0.25, 0.3) is 0 Å². The highest BCUT2D eigenvalue weighted by Gasteiger charge is 2.36. The average Bonchev–Trinajstić information content (AvgIpc) is 2.88. The number of amides is 2. The van der Waals surface area contributed by atoms with Crippen LogP contribution in [-0.4, -0.2) is 27.6 Å². The van der Waals surface area contributed by atoms with Gasteiger partial charge in [-0.1, -0.05) is 9.69 Å². The molecule has 0 saturated carbocycles. The van der Waals surface area contributed by atoms with Crippen LogP contribution in [0.15, 0.2) is 16.7 Å². The second-order valence-electron chi connectivity index (χ2n) is 3.55. The third kappa shape index (κ3) is 2.15. The second-order valence-corrected chi connectivity index (χ2v) is 4.49. The lowest BCUT2D eigenvalue weighted by Crippen LogP contribution is -2.45. The molecular weight excluding hydrogens is 240 g/mol. The number of primary amides is 1. The number of rotatable bonds is 3. The summed E-state index contributed by atoms with van der Waals surface area (Å²) < 4.78 is -0.384. The first-order valence-electron chi connectivity index (χ1n) is 4.81. The number of hydrogen-bond donors (Lipinski definition) is 1. The zero-order valence-electron chi connectivity index (χ0n) is 9.08. The van der Waals surface area contributed by atoms with E-state index in [9.17, 15) is 9.59 Å². The Hall–Kier alpha value is -1.86. The summed E-state index contributed by atoms with van der Waals surface area (Å²) in [4.78, 5) is 26.6. The number of quaternary nitrogens is 1. The van der Waals surface area contributed by atoms with E-state index in [0.717, 1.165) is 0 Å². The number of nitrogens with zero attached hydrogens (tertiary/aromatic N) is 3. The fourth-order valence-electron chi connectivity index (χ4n) is 1.36. The summed E-state index contributed by atoms with van der Waals surface area (Å²) in [7, 11) is 0. The van der Waals surface area contributed by atoms with Crippen molar-refractivity contribution in [3.8, 4) is 0 Å². The van der Waals surface area contributed by atoms with Crippen LogP contribution in [0.25, 0.3) is 0 Å². The van der Waals surface area contributed by atoms with Crippen molar-refractivity contribution in [2.45, 2.75) is 13.5 Å². The van der Waals surface area contributed by atoms with Gasteiger partial charge >= 0.3 is 6.03 Å². The topological polar surface area (TPSA) is 85.4 Å². The molecule has 17 heavy (non-hydrogen) atoms. The molecule has 1 unspecified atom stereocenters. The van der Waals surface area contributed by atoms with Crippen LogP contribution in [0.2, 0.25) is 0 Å². The van der Waals surface area contributed by atoms with Gasteiger partial charge in [0.2, 0.25) is 0 Å². The minimum Gasteiger partial charge on any atom is -0.316 e. The molecule has 1 aromatic rings. The van der Waals surface area contributed by atoms with E-state index in [1.54, 1.807) is 5.38 Å². The minimum atomic E-state index is -0.606. The highest BCUT2D eigenvalue weighted by atomic mass is 32.1. The highest BCUT2D eigenvalue weighted by molar-refractivity contribution is 7.09. The molecule has 1 atom stereocenters. The molecule has 1 aliphatic rings. The molecule has 7 heteroatoms. The summed E-state index contributed by atoms with van der Waals surface area (Å²) in [6.07, 6.45) is 5.57. The Morgan fingerprint density at radius 3 is 2.82 bits per heavy atom.